The molecule has 0 saturated heterocycles. The first-order chi connectivity index (χ1) is 7.22. The summed E-state index contributed by atoms with van der Waals surface area (Å²) >= 11 is 5.58. The van der Waals surface area contributed by atoms with E-state index in [9.17, 15) is 8.42 Å². The van der Waals surface area contributed by atoms with Gasteiger partial charge in [-0.15, -0.1) is 10.2 Å². The molecule has 0 aliphatic carbocycles. The largest absolute Gasteiger partial charge is 0.367 e. The summed E-state index contributed by atoms with van der Waals surface area (Å²) < 4.78 is 22.0. The molecule has 1 N–H and O–H groups in total. The summed E-state index contributed by atoms with van der Waals surface area (Å²) in [5, 5.41) is 10.6. The second-order valence-corrected chi connectivity index (χ2v) is 7.16. The maximum atomic E-state index is 11.4. The zero-order chi connectivity index (χ0) is 12.4. The summed E-state index contributed by atoms with van der Waals surface area (Å²) in [7, 11) is -3.12. The quantitative estimate of drug-likeness (QED) is 0.888. The van der Waals surface area contributed by atoms with Crippen LogP contribution in [0.4, 0.5) is 5.82 Å². The minimum atomic E-state index is -3.12. The molecule has 0 aliphatic rings. The van der Waals surface area contributed by atoms with Crippen LogP contribution in [0.3, 0.4) is 0 Å². The van der Waals surface area contributed by atoms with E-state index < -0.39 is 14.6 Å². The summed E-state index contributed by atoms with van der Waals surface area (Å²) in [6.07, 6.45) is 1.21. The topological polar surface area (TPSA) is 72.0 Å². The summed E-state index contributed by atoms with van der Waals surface area (Å²) in [6, 6.07) is 3.23. The standard InChI is InChI=1S/C9H14ClN3O2S/c1-9(2,16(3,14)15)6-11-8-5-4-7(10)12-13-8/h4-5H,6H2,1-3H3,(H,11,13). The maximum Gasteiger partial charge on any atom is 0.154 e. The highest BCUT2D eigenvalue weighted by Gasteiger charge is 2.29. The van der Waals surface area contributed by atoms with Gasteiger partial charge in [-0.2, -0.15) is 0 Å². The SMILES string of the molecule is CC(C)(CNc1ccc(Cl)nn1)S(C)(=O)=O. The first kappa shape index (κ1) is 13.2. The molecule has 1 aromatic rings. The van der Waals surface area contributed by atoms with Crippen LogP contribution >= 0.6 is 11.6 Å². The molecule has 1 heterocycles. The van der Waals surface area contributed by atoms with Crippen molar-refractivity contribution < 1.29 is 8.42 Å². The van der Waals surface area contributed by atoms with Crippen molar-refractivity contribution in [2.24, 2.45) is 0 Å². The minimum Gasteiger partial charge on any atom is -0.367 e. The van der Waals surface area contributed by atoms with E-state index in [0.29, 0.717) is 11.0 Å². The highest BCUT2D eigenvalue weighted by molar-refractivity contribution is 7.92. The Hall–Kier alpha value is -0.880. The molecule has 0 amide bonds. The summed E-state index contributed by atoms with van der Waals surface area (Å²) in [4.78, 5) is 0. The molecule has 1 aromatic heterocycles. The van der Waals surface area contributed by atoms with Crippen LogP contribution in [0, 0.1) is 0 Å². The lowest BCUT2D eigenvalue weighted by atomic mass is 10.2. The number of rotatable bonds is 4. The molecular weight excluding hydrogens is 250 g/mol. The molecule has 7 heteroatoms. The van der Waals surface area contributed by atoms with Gasteiger partial charge in [0.25, 0.3) is 0 Å². The Morgan fingerprint density at radius 3 is 2.44 bits per heavy atom. The monoisotopic (exact) mass is 263 g/mol. The fourth-order valence-electron chi connectivity index (χ4n) is 0.845. The third kappa shape index (κ3) is 3.31. The van der Waals surface area contributed by atoms with E-state index in [1.165, 1.54) is 6.26 Å². The second-order valence-electron chi connectivity index (χ2n) is 4.13. The highest BCUT2D eigenvalue weighted by Crippen LogP contribution is 2.16. The van der Waals surface area contributed by atoms with Crippen molar-refractivity contribution in [1.29, 1.82) is 0 Å². The molecule has 0 bridgehead atoms. The molecule has 0 saturated carbocycles. The predicted octanol–water partition coefficient (Wildman–Crippen LogP) is 1.37. The molecule has 1 rings (SSSR count). The van der Waals surface area contributed by atoms with Gasteiger partial charge in [-0.3, -0.25) is 0 Å². The molecule has 0 aliphatic heterocycles. The van der Waals surface area contributed by atoms with E-state index >= 15 is 0 Å². The molecule has 0 aromatic carbocycles. The smallest absolute Gasteiger partial charge is 0.154 e. The zero-order valence-corrected chi connectivity index (χ0v) is 10.9. The normalized spacial score (nSPS) is 12.5. The average Bonchev–Trinajstić information content (AvgIpc) is 2.15. The summed E-state index contributed by atoms with van der Waals surface area (Å²) in [5.74, 6) is 0.501. The van der Waals surface area contributed by atoms with Crippen molar-refractivity contribution in [2.75, 3.05) is 18.1 Å². The van der Waals surface area contributed by atoms with Crippen molar-refractivity contribution >= 4 is 27.3 Å². The first-order valence-electron chi connectivity index (χ1n) is 4.65. The van der Waals surface area contributed by atoms with Crippen LogP contribution in [0.1, 0.15) is 13.8 Å². The van der Waals surface area contributed by atoms with Crippen LogP contribution in [0.15, 0.2) is 12.1 Å². The molecule has 16 heavy (non-hydrogen) atoms. The van der Waals surface area contributed by atoms with E-state index in [0.717, 1.165) is 0 Å². The fraction of sp³-hybridized carbons (Fsp3) is 0.556. The van der Waals surface area contributed by atoms with Crippen molar-refractivity contribution in [3.8, 4) is 0 Å². The number of nitrogens with zero attached hydrogens (tertiary/aromatic N) is 2. The number of nitrogens with one attached hydrogen (secondary N) is 1. The van der Waals surface area contributed by atoms with Crippen LogP contribution < -0.4 is 5.32 Å². The van der Waals surface area contributed by atoms with Crippen LogP contribution in [0.5, 0.6) is 0 Å². The van der Waals surface area contributed by atoms with Crippen LogP contribution in [-0.2, 0) is 9.84 Å². The van der Waals surface area contributed by atoms with E-state index in [1.54, 1.807) is 26.0 Å². The van der Waals surface area contributed by atoms with E-state index in [2.05, 4.69) is 15.5 Å². The number of anilines is 1. The van der Waals surface area contributed by atoms with Crippen LogP contribution in [0.25, 0.3) is 0 Å². The van der Waals surface area contributed by atoms with Crippen molar-refractivity contribution in [1.82, 2.24) is 10.2 Å². The van der Waals surface area contributed by atoms with Crippen LogP contribution in [-0.4, -0.2) is 36.2 Å². The third-order valence-corrected chi connectivity index (χ3v) is 4.68. The Morgan fingerprint density at radius 2 is 2.00 bits per heavy atom. The maximum absolute atomic E-state index is 11.4. The van der Waals surface area contributed by atoms with Gasteiger partial charge in [0.05, 0.1) is 4.75 Å². The van der Waals surface area contributed by atoms with Crippen molar-refractivity contribution in [3.05, 3.63) is 17.3 Å². The Kier molecular flexibility index (Phi) is 3.75. The Labute approximate surface area is 100 Å². The third-order valence-electron chi connectivity index (χ3n) is 2.33. The molecule has 0 radical (unpaired) electrons. The van der Waals surface area contributed by atoms with Gasteiger partial charge in [0, 0.05) is 12.8 Å². The molecule has 90 valence electrons. The van der Waals surface area contributed by atoms with Gasteiger partial charge in [0.2, 0.25) is 0 Å². The van der Waals surface area contributed by atoms with E-state index in [-0.39, 0.29) is 6.54 Å². The van der Waals surface area contributed by atoms with Crippen molar-refractivity contribution in [2.45, 2.75) is 18.6 Å². The molecule has 0 atom stereocenters. The van der Waals surface area contributed by atoms with Gasteiger partial charge in [-0.05, 0) is 26.0 Å². The first-order valence-corrected chi connectivity index (χ1v) is 6.92. The average molecular weight is 264 g/mol. The number of sulfone groups is 1. The zero-order valence-electron chi connectivity index (χ0n) is 9.36. The second kappa shape index (κ2) is 4.55. The predicted molar refractivity (Wildman–Crippen MR) is 64.5 cm³/mol. The van der Waals surface area contributed by atoms with Crippen molar-refractivity contribution in [3.63, 3.8) is 0 Å². The van der Waals surface area contributed by atoms with E-state index in [4.69, 9.17) is 11.6 Å². The molecule has 0 unspecified atom stereocenters. The molecule has 5 nitrogen and oxygen atoms in total. The molecule has 0 fully saturated rings. The number of hydrogen-bond donors (Lipinski definition) is 1. The lowest BCUT2D eigenvalue weighted by molar-refractivity contribution is 0.559. The molecule has 0 spiro atoms. The van der Waals surface area contributed by atoms with E-state index in [1.807, 2.05) is 0 Å². The number of halogens is 1. The van der Waals surface area contributed by atoms with Gasteiger partial charge < -0.3 is 5.32 Å². The number of aromatic nitrogens is 2. The van der Waals surface area contributed by atoms with Gasteiger partial charge in [0.15, 0.2) is 15.0 Å². The number of hydrogen-bond acceptors (Lipinski definition) is 5. The van der Waals surface area contributed by atoms with Gasteiger partial charge >= 0.3 is 0 Å². The summed E-state index contributed by atoms with van der Waals surface area (Å²) in [6.45, 7) is 3.57. The fourth-order valence-corrected chi connectivity index (χ4v) is 1.28. The Morgan fingerprint density at radius 1 is 1.38 bits per heavy atom. The Bertz CT molecular complexity index is 456. The van der Waals surface area contributed by atoms with Crippen LogP contribution in [0.2, 0.25) is 5.15 Å². The molecular formula is C9H14ClN3O2S. The van der Waals surface area contributed by atoms with Gasteiger partial charge in [-0.1, -0.05) is 11.6 Å². The van der Waals surface area contributed by atoms with Gasteiger partial charge in [0.1, 0.15) is 5.82 Å². The lowest BCUT2D eigenvalue weighted by Crippen LogP contribution is -2.38. The minimum absolute atomic E-state index is 0.266. The Balaban J connectivity index is 2.68. The highest BCUT2D eigenvalue weighted by atomic mass is 35.5. The van der Waals surface area contributed by atoms with Gasteiger partial charge in [-0.25, -0.2) is 8.42 Å². The summed E-state index contributed by atoms with van der Waals surface area (Å²) in [5.41, 5.74) is 0. The lowest BCUT2D eigenvalue weighted by Gasteiger charge is -2.22.